The molecule has 3 N–H and O–H groups in total. The zero-order valence-corrected chi connectivity index (χ0v) is 8.90. The molecule has 0 aliphatic rings. The fourth-order valence-electron chi connectivity index (χ4n) is 0.694. The lowest BCUT2D eigenvalue weighted by Gasteiger charge is -2.26. The highest BCUT2D eigenvalue weighted by Gasteiger charge is 2.16. The van der Waals surface area contributed by atoms with E-state index in [0.717, 1.165) is 6.42 Å². The molecule has 0 aliphatic heterocycles. The summed E-state index contributed by atoms with van der Waals surface area (Å²) in [4.78, 5) is 0. The fraction of sp³-hybridized carbons (Fsp3) is 1.00. The molecule has 0 aromatic carbocycles. The van der Waals surface area contributed by atoms with Crippen LogP contribution >= 0.6 is 0 Å². The first kappa shape index (κ1) is 11.9. The second kappa shape index (κ2) is 4.21. The molecule has 74 valence electrons. The van der Waals surface area contributed by atoms with Gasteiger partial charge in [-0.2, -0.15) is 0 Å². The first-order valence-electron chi connectivity index (χ1n) is 4.39. The molecule has 12 heavy (non-hydrogen) atoms. The van der Waals surface area contributed by atoms with Crippen molar-refractivity contribution in [3.05, 3.63) is 0 Å². The van der Waals surface area contributed by atoms with E-state index in [4.69, 9.17) is 10.5 Å². The summed E-state index contributed by atoms with van der Waals surface area (Å²) in [5.41, 5.74) is 5.28. The van der Waals surface area contributed by atoms with Crippen LogP contribution in [0.1, 0.15) is 34.1 Å². The minimum absolute atomic E-state index is 0.130. The molecule has 3 heteroatoms. The molecule has 0 fully saturated rings. The molecule has 0 unspecified atom stereocenters. The lowest BCUT2D eigenvalue weighted by Crippen LogP contribution is -2.40. The Kier molecular flexibility index (Phi) is 4.17. The van der Waals surface area contributed by atoms with Gasteiger partial charge in [-0.15, -0.1) is 0 Å². The third-order valence-electron chi connectivity index (χ3n) is 1.88. The number of nitrogens with one attached hydrogen (secondary N) is 1. The Morgan fingerprint density at radius 1 is 1.25 bits per heavy atom. The number of hydrogen-bond donors (Lipinski definition) is 2. The van der Waals surface area contributed by atoms with Crippen molar-refractivity contribution in [3.63, 3.8) is 0 Å². The summed E-state index contributed by atoms with van der Waals surface area (Å²) in [7, 11) is 1.95. The smallest absolute Gasteiger partial charge is 0.111 e. The zero-order chi connectivity index (χ0) is 9.83. The van der Waals surface area contributed by atoms with Gasteiger partial charge < -0.3 is 15.8 Å². The monoisotopic (exact) mass is 174 g/mol. The summed E-state index contributed by atoms with van der Waals surface area (Å²) < 4.78 is 5.40. The Bertz CT molecular complexity index is 127. The van der Waals surface area contributed by atoms with Crippen molar-refractivity contribution in [2.45, 2.75) is 45.4 Å². The van der Waals surface area contributed by atoms with Gasteiger partial charge in [-0.05, 0) is 41.2 Å². The van der Waals surface area contributed by atoms with Gasteiger partial charge in [-0.25, -0.2) is 0 Å². The van der Waals surface area contributed by atoms with Crippen LogP contribution in [0.2, 0.25) is 0 Å². The largest absolute Gasteiger partial charge is 0.361 e. The molecular formula is C9H22N2O. The lowest BCUT2D eigenvalue weighted by atomic mass is 10.0. The van der Waals surface area contributed by atoms with Gasteiger partial charge in [0.1, 0.15) is 5.72 Å². The highest BCUT2D eigenvalue weighted by molar-refractivity contribution is 4.74. The molecule has 0 amide bonds. The van der Waals surface area contributed by atoms with Crippen LogP contribution in [-0.4, -0.2) is 24.9 Å². The Balaban J connectivity index is 3.57. The maximum Gasteiger partial charge on any atom is 0.111 e. The van der Waals surface area contributed by atoms with E-state index >= 15 is 0 Å². The first-order chi connectivity index (χ1) is 5.27. The quantitative estimate of drug-likeness (QED) is 0.613. The van der Waals surface area contributed by atoms with Gasteiger partial charge in [0.25, 0.3) is 0 Å². The third-order valence-corrected chi connectivity index (χ3v) is 1.88. The summed E-state index contributed by atoms with van der Waals surface area (Å²) in [5.74, 6) is 0. The standard InChI is InChI=1S/C9H22N2O/c1-8(2,11-5)6-7-12-9(3,4)10/h11H,6-7,10H2,1-5H3. The van der Waals surface area contributed by atoms with E-state index in [1.807, 2.05) is 20.9 Å². The SMILES string of the molecule is CNC(C)(C)CCOC(C)(C)N. The molecule has 0 atom stereocenters. The Labute approximate surface area is 75.7 Å². The molecule has 0 bridgehead atoms. The highest BCUT2D eigenvalue weighted by atomic mass is 16.5. The maximum absolute atomic E-state index is 5.66. The van der Waals surface area contributed by atoms with E-state index in [9.17, 15) is 0 Å². The van der Waals surface area contributed by atoms with E-state index in [1.54, 1.807) is 0 Å². The van der Waals surface area contributed by atoms with Gasteiger partial charge in [0.05, 0.1) is 6.61 Å². The van der Waals surface area contributed by atoms with Gasteiger partial charge >= 0.3 is 0 Å². The Morgan fingerprint density at radius 3 is 2.08 bits per heavy atom. The highest BCUT2D eigenvalue weighted by Crippen LogP contribution is 2.09. The van der Waals surface area contributed by atoms with Gasteiger partial charge in [0.2, 0.25) is 0 Å². The topological polar surface area (TPSA) is 47.3 Å². The van der Waals surface area contributed by atoms with Crippen molar-refractivity contribution in [2.75, 3.05) is 13.7 Å². The predicted molar refractivity (Wildman–Crippen MR) is 52.0 cm³/mol. The number of rotatable bonds is 5. The predicted octanol–water partition coefficient (Wildman–Crippen LogP) is 1.09. The minimum Gasteiger partial charge on any atom is -0.361 e. The fourth-order valence-corrected chi connectivity index (χ4v) is 0.694. The summed E-state index contributed by atoms with van der Waals surface area (Å²) in [5, 5.41) is 3.21. The van der Waals surface area contributed by atoms with E-state index in [2.05, 4.69) is 19.2 Å². The maximum atomic E-state index is 5.66. The van der Waals surface area contributed by atoms with Crippen molar-refractivity contribution >= 4 is 0 Å². The molecule has 0 aromatic rings. The van der Waals surface area contributed by atoms with Gasteiger partial charge in [-0.1, -0.05) is 0 Å². The summed E-state index contributed by atoms with van der Waals surface area (Å²) in [6.07, 6.45) is 0.962. The van der Waals surface area contributed by atoms with Crippen LogP contribution in [0.4, 0.5) is 0 Å². The van der Waals surface area contributed by atoms with Crippen molar-refractivity contribution in [1.29, 1.82) is 0 Å². The molecule has 0 radical (unpaired) electrons. The third kappa shape index (κ3) is 6.58. The van der Waals surface area contributed by atoms with E-state index in [1.165, 1.54) is 0 Å². The summed E-state index contributed by atoms with van der Waals surface area (Å²) in [6, 6.07) is 0. The van der Waals surface area contributed by atoms with Crippen molar-refractivity contribution in [1.82, 2.24) is 5.32 Å². The first-order valence-corrected chi connectivity index (χ1v) is 4.39. The Morgan fingerprint density at radius 2 is 1.75 bits per heavy atom. The second-order valence-electron chi connectivity index (χ2n) is 4.34. The Hall–Kier alpha value is -0.120. The van der Waals surface area contributed by atoms with Gasteiger partial charge in [0, 0.05) is 5.54 Å². The van der Waals surface area contributed by atoms with Gasteiger partial charge in [-0.3, -0.25) is 0 Å². The van der Waals surface area contributed by atoms with Crippen LogP contribution < -0.4 is 11.1 Å². The lowest BCUT2D eigenvalue weighted by molar-refractivity contribution is -0.0201. The van der Waals surface area contributed by atoms with E-state index in [0.29, 0.717) is 6.61 Å². The molecule has 0 aliphatic carbocycles. The van der Waals surface area contributed by atoms with Crippen LogP contribution in [0.3, 0.4) is 0 Å². The average molecular weight is 174 g/mol. The molecule has 0 aromatic heterocycles. The normalized spacial score (nSPS) is 13.5. The second-order valence-corrected chi connectivity index (χ2v) is 4.34. The van der Waals surface area contributed by atoms with Crippen LogP contribution in [0.5, 0.6) is 0 Å². The molecule has 0 heterocycles. The molecule has 0 saturated carbocycles. The molecular weight excluding hydrogens is 152 g/mol. The van der Waals surface area contributed by atoms with Crippen LogP contribution in [0.15, 0.2) is 0 Å². The number of nitrogens with two attached hydrogens (primary N) is 1. The van der Waals surface area contributed by atoms with Crippen LogP contribution in [0, 0.1) is 0 Å². The summed E-state index contributed by atoms with van der Waals surface area (Å²) in [6.45, 7) is 8.69. The van der Waals surface area contributed by atoms with Crippen molar-refractivity contribution < 1.29 is 4.74 Å². The molecule has 3 nitrogen and oxygen atoms in total. The molecule has 0 rings (SSSR count). The molecule has 0 saturated heterocycles. The van der Waals surface area contributed by atoms with E-state index in [-0.39, 0.29) is 5.54 Å². The molecule has 0 spiro atoms. The average Bonchev–Trinajstić information content (AvgIpc) is 1.84. The summed E-state index contributed by atoms with van der Waals surface area (Å²) >= 11 is 0. The van der Waals surface area contributed by atoms with E-state index < -0.39 is 5.72 Å². The number of hydrogen-bond acceptors (Lipinski definition) is 3. The zero-order valence-electron chi connectivity index (χ0n) is 8.90. The van der Waals surface area contributed by atoms with Crippen LogP contribution in [0.25, 0.3) is 0 Å². The van der Waals surface area contributed by atoms with Gasteiger partial charge in [0.15, 0.2) is 0 Å². The minimum atomic E-state index is -0.510. The van der Waals surface area contributed by atoms with Crippen molar-refractivity contribution in [3.8, 4) is 0 Å². The van der Waals surface area contributed by atoms with Crippen LogP contribution in [-0.2, 0) is 4.74 Å². The van der Waals surface area contributed by atoms with Crippen molar-refractivity contribution in [2.24, 2.45) is 5.73 Å². The number of ether oxygens (including phenoxy) is 1.